The van der Waals surface area contributed by atoms with Crippen LogP contribution in [-0.2, 0) is 14.9 Å². The zero-order valence-corrected chi connectivity index (χ0v) is 16.3. The maximum Gasteiger partial charge on any atom is 0.373 e. The van der Waals surface area contributed by atoms with Gasteiger partial charge in [0.2, 0.25) is 11.9 Å². The fourth-order valence-corrected chi connectivity index (χ4v) is 5.08. The lowest BCUT2D eigenvalue weighted by Crippen LogP contribution is -2.76. The maximum absolute atomic E-state index is 13.0. The summed E-state index contributed by atoms with van der Waals surface area (Å²) in [6, 6.07) is 6.11. The largest absolute Gasteiger partial charge is 0.650 e. The Balaban J connectivity index is 2.08. The Bertz CT molecular complexity index is 951. The minimum absolute atomic E-state index is 0.0763. The molecule has 0 amide bonds. The first kappa shape index (κ1) is 18.8. The molecule has 3 heterocycles. The molecule has 4 rings (SSSR count). The molecule has 1 aromatic heterocycles. The van der Waals surface area contributed by atoms with Crippen molar-refractivity contribution in [2.24, 2.45) is 0 Å². The lowest BCUT2D eigenvalue weighted by atomic mass is 9.69. The van der Waals surface area contributed by atoms with Crippen molar-refractivity contribution in [1.82, 2.24) is 4.57 Å². The molecule has 7 heteroatoms. The number of benzene rings is 1. The van der Waals surface area contributed by atoms with Gasteiger partial charge >= 0.3 is 5.97 Å². The molecule has 148 valence electrons. The summed E-state index contributed by atoms with van der Waals surface area (Å²) in [5, 5.41) is 7.79. The minimum Gasteiger partial charge on any atom is -0.650 e. The Kier molecular flexibility index (Phi) is 4.79. The van der Waals surface area contributed by atoms with Gasteiger partial charge < -0.3 is 20.7 Å². The Labute approximate surface area is 163 Å². The van der Waals surface area contributed by atoms with E-state index >= 15 is 0 Å². The summed E-state index contributed by atoms with van der Waals surface area (Å²) in [6.45, 7) is 2.76. The van der Waals surface area contributed by atoms with Crippen LogP contribution in [0.2, 0.25) is 0 Å². The number of esters is 1. The van der Waals surface area contributed by atoms with Crippen LogP contribution in [0.1, 0.15) is 61.1 Å². The summed E-state index contributed by atoms with van der Waals surface area (Å²) < 4.78 is 6.75. The van der Waals surface area contributed by atoms with Crippen LogP contribution in [0.5, 0.6) is 0 Å². The van der Waals surface area contributed by atoms with E-state index in [2.05, 4.69) is 12.0 Å². The van der Waals surface area contributed by atoms with Crippen LogP contribution >= 0.6 is 0 Å². The quantitative estimate of drug-likeness (QED) is 0.651. The van der Waals surface area contributed by atoms with Crippen molar-refractivity contribution in [3.05, 3.63) is 46.4 Å². The summed E-state index contributed by atoms with van der Waals surface area (Å²) in [7, 11) is 1.29. The number of para-hydroxylation sites is 1. The number of carbonyl (C=O) groups excluding carboxylic acids is 2. The van der Waals surface area contributed by atoms with E-state index in [1.54, 1.807) is 0 Å². The van der Waals surface area contributed by atoms with Crippen molar-refractivity contribution >= 4 is 22.8 Å². The molecule has 0 bridgehead atoms. The molecule has 7 nitrogen and oxygen atoms in total. The van der Waals surface area contributed by atoms with Gasteiger partial charge in [0.1, 0.15) is 0 Å². The summed E-state index contributed by atoms with van der Waals surface area (Å²) >= 11 is 0. The number of methoxy groups -OCH3 is 1. The zero-order chi connectivity index (χ0) is 19.9. The highest BCUT2D eigenvalue weighted by atomic mass is 16.5. The molecule has 0 fully saturated rings. The summed E-state index contributed by atoms with van der Waals surface area (Å²) in [5.74, 6) is -0.502. The SMILES string of the molecule is CC[C@]12CCC[N-]C(C([NH+]=[N-])C(=O)OC)c3c1n(c1ccccc31)C(=O)CC2. The number of hydrogen-bond donors (Lipinski definition) is 1. The molecule has 0 aliphatic carbocycles. The first-order valence-electron chi connectivity index (χ1n) is 9.89. The fraction of sp³-hybridized carbons (Fsp3) is 0.524. The number of carbonyl (C=O) groups is 2. The normalized spacial score (nSPS) is 25.5. The van der Waals surface area contributed by atoms with Crippen molar-refractivity contribution in [1.29, 1.82) is 0 Å². The molecule has 2 aliphatic heterocycles. The van der Waals surface area contributed by atoms with Gasteiger partial charge in [-0.05, 0) is 36.9 Å². The number of ether oxygens (including phenoxy) is 1. The second-order valence-electron chi connectivity index (χ2n) is 7.73. The standard InChI is InChI=1S/C21H25N4O3/c1-3-21-10-6-12-23-17(18(24-22)20(27)28-2)16-13-7-4-5-8-14(13)25(19(16)21)15(26)9-11-21/h4-5,7-8,17-18,24H,3,6,9-12H2,1-2H3/q-1/t17?,18?,21-/m1/s1. The van der Waals surface area contributed by atoms with E-state index in [1.165, 1.54) is 7.11 Å². The van der Waals surface area contributed by atoms with Gasteiger partial charge in [-0.2, -0.15) is 0 Å². The van der Waals surface area contributed by atoms with Crippen LogP contribution in [0.15, 0.2) is 24.3 Å². The highest BCUT2D eigenvalue weighted by Gasteiger charge is 2.44. The highest BCUT2D eigenvalue weighted by Crippen LogP contribution is 2.50. The molecule has 0 radical (unpaired) electrons. The van der Waals surface area contributed by atoms with Gasteiger partial charge in [0.25, 0.3) is 0 Å². The Morgan fingerprint density at radius 1 is 1.43 bits per heavy atom. The van der Waals surface area contributed by atoms with Crippen LogP contribution in [0.25, 0.3) is 21.8 Å². The molecule has 0 saturated carbocycles. The van der Waals surface area contributed by atoms with Gasteiger partial charge in [-0.1, -0.05) is 31.5 Å². The predicted octanol–water partition coefficient (Wildman–Crippen LogP) is 2.58. The Hall–Kier alpha value is -2.54. The smallest absolute Gasteiger partial charge is 0.373 e. The van der Waals surface area contributed by atoms with Gasteiger partial charge in [0.15, 0.2) is 0 Å². The molecular formula is C21H25N4O3-. The second-order valence-corrected chi connectivity index (χ2v) is 7.73. The summed E-state index contributed by atoms with van der Waals surface area (Å²) in [6.07, 6.45) is 4.05. The molecule has 0 spiro atoms. The minimum atomic E-state index is -1.02. The first-order chi connectivity index (χ1) is 13.6. The van der Waals surface area contributed by atoms with E-state index in [0.29, 0.717) is 13.0 Å². The molecule has 2 aromatic rings. The Morgan fingerprint density at radius 2 is 2.21 bits per heavy atom. The average molecular weight is 381 g/mol. The van der Waals surface area contributed by atoms with Crippen LogP contribution in [0.3, 0.4) is 0 Å². The van der Waals surface area contributed by atoms with Crippen molar-refractivity contribution in [3.8, 4) is 0 Å². The molecule has 1 aromatic carbocycles. The van der Waals surface area contributed by atoms with E-state index < -0.39 is 18.1 Å². The topological polar surface area (TPSA) is 98.7 Å². The molecule has 0 saturated heterocycles. The fourth-order valence-electron chi connectivity index (χ4n) is 5.08. The first-order valence-corrected chi connectivity index (χ1v) is 9.89. The lowest BCUT2D eigenvalue weighted by Gasteiger charge is -2.45. The van der Waals surface area contributed by atoms with Crippen LogP contribution in [0, 0.1) is 0 Å². The highest BCUT2D eigenvalue weighted by molar-refractivity contribution is 5.98. The Morgan fingerprint density at radius 3 is 2.93 bits per heavy atom. The van der Waals surface area contributed by atoms with Gasteiger partial charge in [-0.3, -0.25) is 9.36 Å². The monoisotopic (exact) mass is 381 g/mol. The molecule has 2 unspecified atom stereocenters. The van der Waals surface area contributed by atoms with E-state index in [1.807, 2.05) is 28.8 Å². The summed E-state index contributed by atoms with van der Waals surface area (Å²) in [4.78, 5) is 25.4. The van der Waals surface area contributed by atoms with Crippen LogP contribution < -0.4 is 5.11 Å². The van der Waals surface area contributed by atoms with Crippen molar-refractivity contribution in [2.75, 3.05) is 13.7 Å². The number of rotatable bonds is 4. The third-order valence-corrected chi connectivity index (χ3v) is 6.50. The van der Waals surface area contributed by atoms with Crippen molar-refractivity contribution in [2.45, 2.75) is 56.5 Å². The molecule has 28 heavy (non-hydrogen) atoms. The number of nitrogens with zero attached hydrogens (tertiary/aromatic N) is 3. The van der Waals surface area contributed by atoms with Crippen LogP contribution in [-0.4, -0.2) is 36.1 Å². The second kappa shape index (κ2) is 7.13. The number of fused-ring (bicyclic) bond motifs is 3. The number of hydrogen-bond acceptors (Lipinski definition) is 3. The molecular weight excluding hydrogens is 356 g/mol. The maximum atomic E-state index is 13.0. The van der Waals surface area contributed by atoms with Crippen molar-refractivity contribution < 1.29 is 19.4 Å². The lowest BCUT2D eigenvalue weighted by molar-refractivity contribution is -0.515. The summed E-state index contributed by atoms with van der Waals surface area (Å²) in [5.41, 5.74) is 12.3. The third kappa shape index (κ3) is 2.60. The van der Waals surface area contributed by atoms with Crippen molar-refractivity contribution in [3.63, 3.8) is 0 Å². The molecule has 2 aliphatic rings. The zero-order valence-electron chi connectivity index (χ0n) is 16.3. The predicted molar refractivity (Wildman–Crippen MR) is 104 cm³/mol. The third-order valence-electron chi connectivity index (χ3n) is 6.50. The van der Waals surface area contributed by atoms with E-state index in [9.17, 15) is 15.1 Å². The van der Waals surface area contributed by atoms with E-state index in [4.69, 9.17) is 10.1 Å². The molecule has 3 atom stereocenters. The van der Waals surface area contributed by atoms with E-state index in [-0.39, 0.29) is 11.3 Å². The van der Waals surface area contributed by atoms with Gasteiger partial charge in [0.05, 0.1) is 12.6 Å². The number of aromatic nitrogens is 1. The van der Waals surface area contributed by atoms with Gasteiger partial charge in [-0.25, -0.2) is 4.79 Å². The van der Waals surface area contributed by atoms with Gasteiger partial charge in [-0.15, -0.1) is 6.54 Å². The van der Waals surface area contributed by atoms with Gasteiger partial charge in [0, 0.05) is 22.9 Å². The average Bonchev–Trinajstić information content (AvgIpc) is 3.06. The van der Waals surface area contributed by atoms with Crippen LogP contribution in [0.4, 0.5) is 0 Å². The van der Waals surface area contributed by atoms with E-state index in [0.717, 1.165) is 47.8 Å². The molecule has 1 N–H and O–H groups in total. The number of nitrogens with one attached hydrogen (secondary N) is 1.